The fourth-order valence-electron chi connectivity index (χ4n) is 3.04. The maximum atomic E-state index is 12.7. The molecule has 2 heterocycles. The van der Waals surface area contributed by atoms with Crippen molar-refractivity contribution in [1.82, 2.24) is 9.97 Å². The van der Waals surface area contributed by atoms with Gasteiger partial charge in [-0.3, -0.25) is 0 Å². The summed E-state index contributed by atoms with van der Waals surface area (Å²) in [5, 5.41) is 13.3. The molecule has 30 heavy (non-hydrogen) atoms. The highest BCUT2D eigenvalue weighted by Crippen LogP contribution is 2.33. The van der Waals surface area contributed by atoms with Crippen LogP contribution in [0.2, 0.25) is 5.02 Å². The van der Waals surface area contributed by atoms with Crippen molar-refractivity contribution in [3.63, 3.8) is 0 Å². The number of carboxylic acids is 1. The first-order valence-electron chi connectivity index (χ1n) is 8.66. The van der Waals surface area contributed by atoms with Crippen molar-refractivity contribution >= 4 is 40.0 Å². The highest BCUT2D eigenvalue weighted by atomic mass is 35.5. The zero-order chi connectivity index (χ0) is 21.5. The molecule has 0 aliphatic heterocycles. The molecular weight excluding hydrogens is 419 g/mol. The Hall–Kier alpha value is -3.52. The zero-order valence-electron chi connectivity index (χ0n) is 15.1. The number of pyridine rings is 1. The molecule has 2 aromatic carbocycles. The molecule has 5 nitrogen and oxygen atoms in total. The van der Waals surface area contributed by atoms with Crippen molar-refractivity contribution in [2.45, 2.75) is 6.18 Å². The lowest BCUT2D eigenvalue weighted by molar-refractivity contribution is -0.137. The van der Waals surface area contributed by atoms with E-state index in [2.05, 4.69) is 15.3 Å². The van der Waals surface area contributed by atoms with E-state index in [-0.39, 0.29) is 10.6 Å². The van der Waals surface area contributed by atoms with Gasteiger partial charge in [-0.05, 0) is 54.1 Å². The van der Waals surface area contributed by atoms with Crippen LogP contribution >= 0.6 is 11.6 Å². The highest BCUT2D eigenvalue weighted by molar-refractivity contribution is 6.31. The topological polar surface area (TPSA) is 78.0 Å². The molecule has 0 radical (unpaired) electrons. The molecule has 152 valence electrons. The predicted octanol–water partition coefficient (Wildman–Crippen LogP) is 6.34. The van der Waals surface area contributed by atoms with Gasteiger partial charge in [-0.25, -0.2) is 9.78 Å². The minimum atomic E-state index is -4.40. The Bertz CT molecular complexity index is 1250. The van der Waals surface area contributed by atoms with Crippen LogP contribution in [0.15, 0.2) is 60.9 Å². The Balaban J connectivity index is 1.69. The van der Waals surface area contributed by atoms with Gasteiger partial charge in [-0.2, -0.15) is 13.2 Å². The van der Waals surface area contributed by atoms with Gasteiger partial charge in [0.25, 0.3) is 0 Å². The molecule has 2 aromatic heterocycles. The van der Waals surface area contributed by atoms with Crippen molar-refractivity contribution in [2.75, 3.05) is 5.32 Å². The number of alkyl halides is 3. The van der Waals surface area contributed by atoms with Gasteiger partial charge in [0, 0.05) is 34.1 Å². The molecule has 0 bridgehead atoms. The summed E-state index contributed by atoms with van der Waals surface area (Å²) in [6.45, 7) is 0. The zero-order valence-corrected chi connectivity index (χ0v) is 15.8. The SMILES string of the molecule is O=C(O)c1cc(Cl)cc(-c2cnc3[nH]cc(Nc4ccc(C(F)(F)F)cc4)c3c2)c1. The van der Waals surface area contributed by atoms with E-state index in [0.29, 0.717) is 33.5 Å². The Labute approximate surface area is 173 Å². The predicted molar refractivity (Wildman–Crippen MR) is 108 cm³/mol. The maximum absolute atomic E-state index is 12.7. The number of carbonyl (C=O) groups is 1. The number of halogens is 4. The van der Waals surface area contributed by atoms with Gasteiger partial charge in [0.1, 0.15) is 5.65 Å². The average molecular weight is 432 g/mol. The van der Waals surface area contributed by atoms with E-state index in [1.54, 1.807) is 24.5 Å². The van der Waals surface area contributed by atoms with Gasteiger partial charge in [0.05, 0.1) is 16.8 Å². The summed E-state index contributed by atoms with van der Waals surface area (Å²) in [5.41, 5.74) is 2.19. The number of hydrogen-bond donors (Lipinski definition) is 3. The smallest absolute Gasteiger partial charge is 0.416 e. The number of anilines is 2. The first-order chi connectivity index (χ1) is 14.2. The number of aromatic nitrogens is 2. The van der Waals surface area contributed by atoms with E-state index in [1.807, 2.05) is 0 Å². The quantitative estimate of drug-likeness (QED) is 0.352. The van der Waals surface area contributed by atoms with E-state index >= 15 is 0 Å². The highest BCUT2D eigenvalue weighted by Gasteiger charge is 2.29. The number of H-pyrrole nitrogens is 1. The summed E-state index contributed by atoms with van der Waals surface area (Å²) in [7, 11) is 0. The molecule has 0 atom stereocenters. The van der Waals surface area contributed by atoms with Crippen molar-refractivity contribution in [3.8, 4) is 11.1 Å². The number of carboxylic acid groups (broad SMARTS) is 1. The fourth-order valence-corrected chi connectivity index (χ4v) is 3.28. The second kappa shape index (κ2) is 7.38. The number of aromatic amines is 1. The lowest BCUT2D eigenvalue weighted by Gasteiger charge is -2.09. The molecule has 4 aromatic rings. The fraction of sp³-hybridized carbons (Fsp3) is 0.0476. The van der Waals surface area contributed by atoms with E-state index in [9.17, 15) is 23.1 Å². The summed E-state index contributed by atoms with van der Waals surface area (Å²) in [5.74, 6) is -1.10. The Kier molecular flexibility index (Phi) is 4.87. The van der Waals surface area contributed by atoms with Crippen LogP contribution < -0.4 is 5.32 Å². The van der Waals surface area contributed by atoms with Crippen LogP contribution in [0, 0.1) is 0 Å². The molecule has 0 aliphatic rings. The number of rotatable bonds is 4. The molecule has 0 saturated heterocycles. The summed E-state index contributed by atoms with van der Waals surface area (Å²) < 4.78 is 38.2. The second-order valence-electron chi connectivity index (χ2n) is 6.56. The number of nitrogens with zero attached hydrogens (tertiary/aromatic N) is 1. The molecule has 0 spiro atoms. The molecule has 0 amide bonds. The van der Waals surface area contributed by atoms with Gasteiger partial charge < -0.3 is 15.4 Å². The Morgan fingerprint density at radius 2 is 1.80 bits per heavy atom. The molecule has 0 saturated carbocycles. The Morgan fingerprint density at radius 3 is 2.47 bits per heavy atom. The monoisotopic (exact) mass is 431 g/mol. The molecule has 0 unspecified atom stereocenters. The molecular formula is C21H13ClF3N3O2. The first-order valence-corrected chi connectivity index (χ1v) is 9.04. The number of benzene rings is 2. The van der Waals surface area contributed by atoms with Crippen molar-refractivity contribution < 1.29 is 23.1 Å². The lowest BCUT2D eigenvalue weighted by atomic mass is 10.0. The van der Waals surface area contributed by atoms with Crippen LogP contribution in [0.25, 0.3) is 22.2 Å². The molecule has 9 heteroatoms. The minimum Gasteiger partial charge on any atom is -0.478 e. The van der Waals surface area contributed by atoms with E-state index in [0.717, 1.165) is 12.1 Å². The third kappa shape index (κ3) is 3.95. The number of nitrogens with one attached hydrogen (secondary N) is 2. The van der Waals surface area contributed by atoms with Crippen LogP contribution in [0.3, 0.4) is 0 Å². The van der Waals surface area contributed by atoms with Crippen LogP contribution in [0.4, 0.5) is 24.5 Å². The normalized spacial score (nSPS) is 11.6. The summed E-state index contributed by atoms with van der Waals surface area (Å²) in [6.07, 6.45) is -1.16. The molecule has 3 N–H and O–H groups in total. The van der Waals surface area contributed by atoms with Gasteiger partial charge in [0.15, 0.2) is 0 Å². The van der Waals surface area contributed by atoms with E-state index in [4.69, 9.17) is 11.6 Å². The number of hydrogen-bond acceptors (Lipinski definition) is 3. The van der Waals surface area contributed by atoms with Gasteiger partial charge in [-0.1, -0.05) is 11.6 Å². The number of aromatic carboxylic acids is 1. The second-order valence-corrected chi connectivity index (χ2v) is 6.99. The van der Waals surface area contributed by atoms with Crippen molar-refractivity contribution in [3.05, 3.63) is 77.1 Å². The molecule has 0 aliphatic carbocycles. The summed E-state index contributed by atoms with van der Waals surface area (Å²) in [6, 6.07) is 11.0. The largest absolute Gasteiger partial charge is 0.478 e. The summed E-state index contributed by atoms with van der Waals surface area (Å²) in [4.78, 5) is 18.6. The third-order valence-electron chi connectivity index (χ3n) is 4.50. The van der Waals surface area contributed by atoms with Crippen LogP contribution in [0.1, 0.15) is 15.9 Å². The van der Waals surface area contributed by atoms with E-state index in [1.165, 1.54) is 24.3 Å². The van der Waals surface area contributed by atoms with Gasteiger partial charge in [0.2, 0.25) is 0 Å². The average Bonchev–Trinajstić information content (AvgIpc) is 3.09. The maximum Gasteiger partial charge on any atom is 0.416 e. The van der Waals surface area contributed by atoms with Gasteiger partial charge in [-0.15, -0.1) is 0 Å². The molecule has 4 rings (SSSR count). The third-order valence-corrected chi connectivity index (χ3v) is 4.72. The first kappa shape index (κ1) is 19.8. The van der Waals surface area contributed by atoms with Gasteiger partial charge >= 0.3 is 12.1 Å². The standard InChI is InChI=1S/C21H13ClF3N3O2/c22-15-6-11(5-12(7-15)20(29)30)13-8-17-18(10-27-19(17)26-9-13)28-16-3-1-14(2-4-16)21(23,24)25/h1-10,28H,(H,26,27)(H,29,30). The van der Waals surface area contributed by atoms with Crippen molar-refractivity contribution in [2.24, 2.45) is 0 Å². The number of fused-ring (bicyclic) bond motifs is 1. The summed E-state index contributed by atoms with van der Waals surface area (Å²) >= 11 is 6.04. The Morgan fingerprint density at radius 1 is 1.07 bits per heavy atom. The van der Waals surface area contributed by atoms with Crippen LogP contribution in [0.5, 0.6) is 0 Å². The van der Waals surface area contributed by atoms with Crippen LogP contribution in [-0.4, -0.2) is 21.0 Å². The molecule has 0 fully saturated rings. The van der Waals surface area contributed by atoms with Crippen LogP contribution in [-0.2, 0) is 6.18 Å². The van der Waals surface area contributed by atoms with E-state index < -0.39 is 17.7 Å². The lowest BCUT2D eigenvalue weighted by Crippen LogP contribution is -2.04. The van der Waals surface area contributed by atoms with Crippen molar-refractivity contribution in [1.29, 1.82) is 0 Å². The minimum absolute atomic E-state index is 0.0507.